The highest BCUT2D eigenvalue weighted by atomic mass is 32.1. The third-order valence-corrected chi connectivity index (χ3v) is 5.93. The summed E-state index contributed by atoms with van der Waals surface area (Å²) in [5, 5.41) is 2.69. The lowest BCUT2D eigenvalue weighted by atomic mass is 10.2. The van der Waals surface area contributed by atoms with Crippen LogP contribution in [0, 0.1) is 0 Å². The summed E-state index contributed by atoms with van der Waals surface area (Å²) in [4.78, 5) is 30.6. The number of hydrogen-bond donors (Lipinski definition) is 1. The Kier molecular flexibility index (Phi) is 4.21. The van der Waals surface area contributed by atoms with Gasteiger partial charge >= 0.3 is 6.09 Å². The predicted molar refractivity (Wildman–Crippen MR) is 112 cm³/mol. The monoisotopic (exact) mass is 406 g/mol. The van der Waals surface area contributed by atoms with E-state index in [1.54, 1.807) is 16.2 Å². The van der Waals surface area contributed by atoms with Crippen LogP contribution >= 0.6 is 11.3 Å². The highest BCUT2D eigenvalue weighted by Crippen LogP contribution is 2.33. The lowest BCUT2D eigenvalue weighted by Gasteiger charge is -2.13. The van der Waals surface area contributed by atoms with E-state index in [2.05, 4.69) is 9.72 Å². The third kappa shape index (κ3) is 3.21. The van der Waals surface area contributed by atoms with Crippen LogP contribution in [0.5, 0.6) is 0 Å². The van der Waals surface area contributed by atoms with Crippen molar-refractivity contribution in [3.05, 3.63) is 54.7 Å². The van der Waals surface area contributed by atoms with Crippen molar-refractivity contribution in [2.24, 2.45) is 0 Å². The number of hydrogen-bond acceptors (Lipinski definition) is 5. The van der Waals surface area contributed by atoms with Gasteiger partial charge in [0.1, 0.15) is 6.10 Å². The zero-order valence-electron chi connectivity index (χ0n) is 15.7. The fourth-order valence-corrected chi connectivity index (χ4v) is 4.54. The number of anilines is 1. The maximum Gasteiger partial charge on any atom is 0.414 e. The third-order valence-electron chi connectivity index (χ3n) is 4.91. The van der Waals surface area contributed by atoms with Gasteiger partial charge in [-0.3, -0.25) is 14.1 Å². The van der Waals surface area contributed by atoms with Gasteiger partial charge in [-0.25, -0.2) is 9.78 Å². The summed E-state index contributed by atoms with van der Waals surface area (Å²) >= 11 is 1.58. The van der Waals surface area contributed by atoms with Crippen LogP contribution in [0.4, 0.5) is 10.5 Å². The van der Waals surface area contributed by atoms with E-state index in [1.807, 2.05) is 54.7 Å². The first-order valence-corrected chi connectivity index (χ1v) is 10.1. The molecule has 0 bridgehead atoms. The lowest BCUT2D eigenvalue weighted by molar-refractivity contribution is -0.119. The Morgan fingerprint density at radius 3 is 2.90 bits per heavy atom. The van der Waals surface area contributed by atoms with E-state index in [1.165, 1.54) is 6.92 Å². The van der Waals surface area contributed by atoms with Crippen molar-refractivity contribution in [2.75, 3.05) is 18.0 Å². The van der Waals surface area contributed by atoms with Crippen molar-refractivity contribution < 1.29 is 14.3 Å². The van der Waals surface area contributed by atoms with Crippen LogP contribution in [0.15, 0.2) is 54.7 Å². The molecule has 1 aliphatic heterocycles. The summed E-state index contributed by atoms with van der Waals surface area (Å²) in [6.07, 6.45) is 1.29. The van der Waals surface area contributed by atoms with Gasteiger partial charge in [0.2, 0.25) is 5.91 Å². The first kappa shape index (κ1) is 17.7. The average Bonchev–Trinajstić information content (AvgIpc) is 3.38. The summed E-state index contributed by atoms with van der Waals surface area (Å²) in [5.41, 5.74) is 3.84. The van der Waals surface area contributed by atoms with Crippen molar-refractivity contribution in [3.63, 3.8) is 0 Å². The number of nitrogens with one attached hydrogen (secondary N) is 1. The molecular weight excluding hydrogens is 388 g/mol. The van der Waals surface area contributed by atoms with E-state index in [4.69, 9.17) is 9.72 Å². The average molecular weight is 406 g/mol. The second kappa shape index (κ2) is 6.89. The fourth-order valence-electron chi connectivity index (χ4n) is 3.50. The number of aromatic nitrogens is 2. The molecule has 1 saturated heterocycles. The minimum absolute atomic E-state index is 0.141. The van der Waals surface area contributed by atoms with Gasteiger partial charge in [-0.15, -0.1) is 0 Å². The molecule has 1 atom stereocenters. The Morgan fingerprint density at radius 2 is 2.10 bits per heavy atom. The number of carbonyl (C=O) groups excluding carboxylic acids is 2. The number of benzene rings is 2. The molecular formula is C21H18N4O3S. The van der Waals surface area contributed by atoms with Crippen LogP contribution < -0.4 is 10.2 Å². The van der Waals surface area contributed by atoms with Crippen LogP contribution in [0.3, 0.4) is 0 Å². The quantitative estimate of drug-likeness (QED) is 0.561. The number of ether oxygens (including phenoxy) is 1. The number of carbonyl (C=O) groups is 2. The summed E-state index contributed by atoms with van der Waals surface area (Å²) in [6, 6.07) is 16.0. The van der Waals surface area contributed by atoms with Crippen molar-refractivity contribution in [1.29, 1.82) is 0 Å². The lowest BCUT2D eigenvalue weighted by Crippen LogP contribution is -2.33. The molecule has 2 aromatic heterocycles. The number of imidazole rings is 1. The molecule has 0 spiro atoms. The Labute approximate surface area is 170 Å². The number of nitrogens with zero attached hydrogens (tertiary/aromatic N) is 3. The molecule has 5 rings (SSSR count). The number of amides is 2. The van der Waals surface area contributed by atoms with Gasteiger partial charge in [0.15, 0.2) is 4.96 Å². The number of thiazole rings is 1. The molecule has 1 N–H and O–H groups in total. The van der Waals surface area contributed by atoms with Gasteiger partial charge in [-0.2, -0.15) is 0 Å². The molecule has 146 valence electrons. The minimum Gasteiger partial charge on any atom is -0.442 e. The van der Waals surface area contributed by atoms with Gasteiger partial charge in [0.25, 0.3) is 0 Å². The molecule has 3 heterocycles. The summed E-state index contributed by atoms with van der Waals surface area (Å²) in [7, 11) is 0. The second-order valence-electron chi connectivity index (χ2n) is 6.95. The Morgan fingerprint density at radius 1 is 1.28 bits per heavy atom. The van der Waals surface area contributed by atoms with E-state index in [9.17, 15) is 9.59 Å². The zero-order valence-corrected chi connectivity index (χ0v) is 16.5. The molecule has 1 fully saturated rings. The molecule has 0 saturated carbocycles. The SMILES string of the molecule is CC(=O)NC[C@H]1CN(c2ccc3c(c2)sc2nc(-c4ccccc4)cn23)C(=O)O1. The number of cyclic esters (lactones) is 1. The van der Waals surface area contributed by atoms with E-state index in [0.29, 0.717) is 13.1 Å². The van der Waals surface area contributed by atoms with Crippen molar-refractivity contribution in [2.45, 2.75) is 13.0 Å². The van der Waals surface area contributed by atoms with Crippen LogP contribution in [0.2, 0.25) is 0 Å². The largest absolute Gasteiger partial charge is 0.442 e. The van der Waals surface area contributed by atoms with Crippen LogP contribution in [0.1, 0.15) is 6.92 Å². The van der Waals surface area contributed by atoms with Crippen LogP contribution in [0.25, 0.3) is 26.4 Å². The first-order valence-electron chi connectivity index (χ1n) is 9.28. The maximum atomic E-state index is 12.3. The van der Waals surface area contributed by atoms with Crippen molar-refractivity contribution in [3.8, 4) is 11.3 Å². The van der Waals surface area contributed by atoms with Crippen LogP contribution in [-0.2, 0) is 9.53 Å². The first-order chi connectivity index (χ1) is 14.1. The van der Waals surface area contributed by atoms with Gasteiger partial charge in [0, 0.05) is 24.4 Å². The molecule has 0 radical (unpaired) electrons. The van der Waals surface area contributed by atoms with Gasteiger partial charge in [0.05, 0.1) is 29.0 Å². The standard InChI is InChI=1S/C21H18N4O3S/c1-13(26)22-10-16-11-24(21(27)28-16)15-7-8-18-19(9-15)29-20-23-17(12-25(18)20)14-5-3-2-4-6-14/h2-9,12,16H,10-11H2,1H3,(H,22,26)/t16-/m0/s1. The van der Waals surface area contributed by atoms with Gasteiger partial charge in [-0.05, 0) is 18.2 Å². The molecule has 7 nitrogen and oxygen atoms in total. The minimum atomic E-state index is -0.396. The maximum absolute atomic E-state index is 12.3. The van der Waals surface area contributed by atoms with Crippen molar-refractivity contribution >= 4 is 44.2 Å². The van der Waals surface area contributed by atoms with Gasteiger partial charge in [-0.1, -0.05) is 41.7 Å². The molecule has 4 aromatic rings. The van der Waals surface area contributed by atoms with E-state index < -0.39 is 6.09 Å². The van der Waals surface area contributed by atoms with E-state index in [-0.39, 0.29) is 12.0 Å². The van der Waals surface area contributed by atoms with Crippen LogP contribution in [-0.4, -0.2) is 40.6 Å². The highest BCUT2D eigenvalue weighted by molar-refractivity contribution is 7.23. The molecule has 2 aromatic carbocycles. The topological polar surface area (TPSA) is 75.9 Å². The molecule has 8 heteroatoms. The molecule has 0 unspecified atom stereocenters. The second-order valence-corrected chi connectivity index (χ2v) is 7.96. The van der Waals surface area contributed by atoms with E-state index in [0.717, 1.165) is 32.1 Å². The Balaban J connectivity index is 1.44. The molecule has 2 amide bonds. The predicted octanol–water partition coefficient (Wildman–Crippen LogP) is 3.68. The van der Waals surface area contributed by atoms with E-state index >= 15 is 0 Å². The van der Waals surface area contributed by atoms with Crippen molar-refractivity contribution in [1.82, 2.24) is 14.7 Å². The zero-order chi connectivity index (χ0) is 20.0. The normalized spacial score (nSPS) is 16.5. The summed E-state index contributed by atoms with van der Waals surface area (Å²) in [6.45, 7) is 2.17. The Bertz CT molecular complexity index is 1230. The highest BCUT2D eigenvalue weighted by Gasteiger charge is 2.32. The molecule has 29 heavy (non-hydrogen) atoms. The molecule has 1 aliphatic rings. The smallest absolute Gasteiger partial charge is 0.414 e. The number of rotatable bonds is 4. The number of fused-ring (bicyclic) bond motifs is 3. The summed E-state index contributed by atoms with van der Waals surface area (Å²) in [5.74, 6) is -0.141. The summed E-state index contributed by atoms with van der Waals surface area (Å²) < 4.78 is 8.48. The Hall–Kier alpha value is -3.39. The fraction of sp³-hybridized carbons (Fsp3) is 0.190. The molecule has 0 aliphatic carbocycles. The van der Waals surface area contributed by atoms with Gasteiger partial charge < -0.3 is 10.1 Å².